The standard InChI is InChI=1S/C14H18BrFN4O3S/c1-4-20-13(17-18-14(20)23-5-2)9(3)19-24(21,22)10-6-7-11(15)12(16)8-10/h6-9,19H,4-5H2,1-3H3/t9-/m1/s1. The van der Waals surface area contributed by atoms with E-state index in [4.69, 9.17) is 4.74 Å². The summed E-state index contributed by atoms with van der Waals surface area (Å²) in [6, 6.07) is 3.28. The summed E-state index contributed by atoms with van der Waals surface area (Å²) in [6.45, 7) is 6.29. The number of ether oxygens (including phenoxy) is 1. The SMILES string of the molecule is CCOc1nnc([C@@H](C)NS(=O)(=O)c2ccc(Br)c(F)c2)n1CC. The topological polar surface area (TPSA) is 86.1 Å². The highest BCUT2D eigenvalue weighted by Gasteiger charge is 2.24. The highest BCUT2D eigenvalue weighted by molar-refractivity contribution is 9.10. The highest BCUT2D eigenvalue weighted by atomic mass is 79.9. The Morgan fingerprint density at radius 3 is 2.67 bits per heavy atom. The minimum Gasteiger partial charge on any atom is -0.464 e. The van der Waals surface area contributed by atoms with Gasteiger partial charge in [0.25, 0.3) is 0 Å². The largest absolute Gasteiger partial charge is 0.464 e. The Labute approximate surface area is 148 Å². The minimum atomic E-state index is -3.91. The Bertz CT molecular complexity index is 825. The van der Waals surface area contributed by atoms with Gasteiger partial charge >= 0.3 is 6.01 Å². The van der Waals surface area contributed by atoms with Crippen LogP contribution in [0.25, 0.3) is 0 Å². The van der Waals surface area contributed by atoms with Crippen LogP contribution in [0, 0.1) is 5.82 Å². The number of aromatic nitrogens is 3. The van der Waals surface area contributed by atoms with Crippen LogP contribution in [0.1, 0.15) is 32.6 Å². The van der Waals surface area contributed by atoms with Crippen LogP contribution < -0.4 is 9.46 Å². The first-order valence-corrected chi connectivity index (χ1v) is 9.61. The summed E-state index contributed by atoms with van der Waals surface area (Å²) in [7, 11) is -3.91. The van der Waals surface area contributed by atoms with Gasteiger partial charge in [0.1, 0.15) is 5.82 Å². The van der Waals surface area contributed by atoms with E-state index in [1.807, 2.05) is 13.8 Å². The normalized spacial score (nSPS) is 13.0. The van der Waals surface area contributed by atoms with Crippen molar-refractivity contribution in [1.82, 2.24) is 19.5 Å². The molecule has 10 heteroatoms. The van der Waals surface area contributed by atoms with Gasteiger partial charge in [-0.15, -0.1) is 5.10 Å². The number of benzene rings is 1. The Kier molecular flexibility index (Phi) is 5.94. The maximum Gasteiger partial charge on any atom is 0.316 e. The van der Waals surface area contributed by atoms with Crippen LogP contribution >= 0.6 is 15.9 Å². The molecule has 24 heavy (non-hydrogen) atoms. The average molecular weight is 421 g/mol. The Hall–Kier alpha value is -1.52. The molecule has 0 spiro atoms. The van der Waals surface area contributed by atoms with Crippen molar-refractivity contribution in [3.8, 4) is 6.01 Å². The van der Waals surface area contributed by atoms with E-state index in [2.05, 4.69) is 30.8 Å². The maximum atomic E-state index is 13.6. The van der Waals surface area contributed by atoms with Crippen LogP contribution in [0.3, 0.4) is 0 Å². The van der Waals surface area contributed by atoms with E-state index in [9.17, 15) is 12.8 Å². The summed E-state index contributed by atoms with van der Waals surface area (Å²) in [5, 5.41) is 7.91. The molecule has 2 rings (SSSR count). The van der Waals surface area contributed by atoms with Crippen LogP contribution in [0.2, 0.25) is 0 Å². The monoisotopic (exact) mass is 420 g/mol. The van der Waals surface area contributed by atoms with E-state index >= 15 is 0 Å². The van der Waals surface area contributed by atoms with Gasteiger partial charge in [0.05, 0.1) is 22.0 Å². The van der Waals surface area contributed by atoms with Gasteiger partial charge in [-0.25, -0.2) is 17.5 Å². The Morgan fingerprint density at radius 2 is 2.08 bits per heavy atom. The van der Waals surface area contributed by atoms with Gasteiger partial charge in [0.2, 0.25) is 10.0 Å². The summed E-state index contributed by atoms with van der Waals surface area (Å²) < 4.78 is 48.2. The number of rotatable bonds is 7. The van der Waals surface area contributed by atoms with Crippen LogP contribution in [0.5, 0.6) is 6.01 Å². The number of nitrogens with one attached hydrogen (secondary N) is 1. The summed E-state index contributed by atoms with van der Waals surface area (Å²) in [5.74, 6) is -0.233. The zero-order valence-corrected chi connectivity index (χ0v) is 15.9. The molecule has 1 heterocycles. The second-order valence-corrected chi connectivity index (χ2v) is 7.51. The molecule has 0 saturated heterocycles. The molecule has 0 aliphatic rings. The summed E-state index contributed by atoms with van der Waals surface area (Å²) in [4.78, 5) is -0.164. The van der Waals surface area contributed by atoms with Gasteiger partial charge in [-0.1, -0.05) is 5.10 Å². The fourth-order valence-electron chi connectivity index (χ4n) is 2.15. The average Bonchev–Trinajstić information content (AvgIpc) is 2.92. The Balaban J connectivity index is 2.28. The summed E-state index contributed by atoms with van der Waals surface area (Å²) >= 11 is 2.99. The van der Waals surface area contributed by atoms with Crippen molar-refractivity contribution in [2.45, 2.75) is 38.3 Å². The molecular weight excluding hydrogens is 403 g/mol. The van der Waals surface area contributed by atoms with E-state index < -0.39 is 21.9 Å². The first-order valence-electron chi connectivity index (χ1n) is 7.33. The lowest BCUT2D eigenvalue weighted by molar-refractivity contribution is 0.294. The number of hydrogen-bond acceptors (Lipinski definition) is 5. The minimum absolute atomic E-state index is 0.164. The van der Waals surface area contributed by atoms with Crippen molar-refractivity contribution in [2.75, 3.05) is 6.61 Å². The van der Waals surface area contributed by atoms with Gasteiger partial charge in [-0.3, -0.25) is 4.57 Å². The predicted molar refractivity (Wildman–Crippen MR) is 89.7 cm³/mol. The van der Waals surface area contributed by atoms with Crippen molar-refractivity contribution in [2.24, 2.45) is 0 Å². The van der Waals surface area contributed by atoms with Crippen molar-refractivity contribution < 1.29 is 17.5 Å². The molecule has 1 atom stereocenters. The number of nitrogens with zero attached hydrogens (tertiary/aromatic N) is 3. The van der Waals surface area contributed by atoms with Gasteiger partial charge < -0.3 is 4.74 Å². The molecule has 1 aromatic carbocycles. The lowest BCUT2D eigenvalue weighted by atomic mass is 10.3. The van der Waals surface area contributed by atoms with E-state index in [0.29, 0.717) is 25.0 Å². The zero-order valence-electron chi connectivity index (χ0n) is 13.5. The molecule has 1 aromatic heterocycles. The van der Waals surface area contributed by atoms with Crippen molar-refractivity contribution >= 4 is 26.0 Å². The fourth-order valence-corrected chi connectivity index (χ4v) is 3.61. The van der Waals surface area contributed by atoms with E-state index in [1.54, 1.807) is 11.5 Å². The third-order valence-corrected chi connectivity index (χ3v) is 5.44. The van der Waals surface area contributed by atoms with E-state index in [1.165, 1.54) is 12.1 Å². The second kappa shape index (κ2) is 7.58. The molecule has 0 bridgehead atoms. The third-order valence-electron chi connectivity index (χ3n) is 3.26. The number of halogens is 2. The van der Waals surface area contributed by atoms with E-state index in [0.717, 1.165) is 6.07 Å². The summed E-state index contributed by atoms with van der Waals surface area (Å²) in [5.41, 5.74) is 0. The molecule has 132 valence electrons. The van der Waals surface area contributed by atoms with Crippen LogP contribution in [0.15, 0.2) is 27.6 Å². The molecular formula is C14H18BrFN4O3S. The van der Waals surface area contributed by atoms with Crippen LogP contribution in [-0.2, 0) is 16.6 Å². The van der Waals surface area contributed by atoms with Gasteiger partial charge in [-0.05, 0) is 54.9 Å². The van der Waals surface area contributed by atoms with E-state index in [-0.39, 0.29) is 9.37 Å². The first-order chi connectivity index (χ1) is 11.3. The third kappa shape index (κ3) is 3.93. The first kappa shape index (κ1) is 18.8. The predicted octanol–water partition coefficient (Wildman–Crippen LogP) is 2.64. The lowest BCUT2D eigenvalue weighted by Gasteiger charge is -2.15. The van der Waals surface area contributed by atoms with Gasteiger partial charge in [0, 0.05) is 6.54 Å². The molecule has 0 amide bonds. The molecule has 0 aliphatic heterocycles. The zero-order chi connectivity index (χ0) is 17.9. The maximum absolute atomic E-state index is 13.6. The molecule has 0 aliphatic carbocycles. The smallest absolute Gasteiger partial charge is 0.316 e. The highest BCUT2D eigenvalue weighted by Crippen LogP contribution is 2.22. The quantitative estimate of drug-likeness (QED) is 0.743. The molecule has 0 fully saturated rings. The number of sulfonamides is 1. The Morgan fingerprint density at radius 1 is 1.38 bits per heavy atom. The fraction of sp³-hybridized carbons (Fsp3) is 0.429. The van der Waals surface area contributed by atoms with Gasteiger partial charge in [-0.2, -0.15) is 0 Å². The molecule has 0 unspecified atom stereocenters. The van der Waals surface area contributed by atoms with Crippen molar-refractivity contribution in [3.63, 3.8) is 0 Å². The lowest BCUT2D eigenvalue weighted by Crippen LogP contribution is -2.29. The molecule has 0 radical (unpaired) electrons. The molecule has 0 saturated carbocycles. The number of hydrogen-bond donors (Lipinski definition) is 1. The van der Waals surface area contributed by atoms with Crippen LogP contribution in [-0.4, -0.2) is 29.8 Å². The summed E-state index contributed by atoms with van der Waals surface area (Å²) in [6.07, 6.45) is 0. The second-order valence-electron chi connectivity index (χ2n) is 4.94. The van der Waals surface area contributed by atoms with Crippen molar-refractivity contribution in [1.29, 1.82) is 0 Å². The van der Waals surface area contributed by atoms with Gasteiger partial charge in [0.15, 0.2) is 5.82 Å². The molecule has 7 nitrogen and oxygen atoms in total. The molecule has 1 N–H and O–H groups in total. The van der Waals surface area contributed by atoms with Crippen LogP contribution in [0.4, 0.5) is 4.39 Å². The van der Waals surface area contributed by atoms with Crippen molar-refractivity contribution in [3.05, 3.63) is 34.3 Å². The molecule has 2 aromatic rings.